The molecule has 0 unspecified atom stereocenters. The van der Waals surface area contributed by atoms with Crippen LogP contribution in [0.1, 0.15) is 18.9 Å². The highest BCUT2D eigenvalue weighted by Gasteiger charge is 2.19. The predicted molar refractivity (Wildman–Crippen MR) is 59.8 cm³/mol. The first-order valence-electron chi connectivity index (χ1n) is 4.86. The summed E-state index contributed by atoms with van der Waals surface area (Å²) >= 11 is 0. The fourth-order valence-corrected chi connectivity index (χ4v) is 2.44. The molecule has 0 aliphatic heterocycles. The molecule has 0 bridgehead atoms. The quantitative estimate of drug-likeness (QED) is 0.730. The van der Waals surface area contributed by atoms with Gasteiger partial charge >= 0.3 is 0 Å². The van der Waals surface area contributed by atoms with Gasteiger partial charge in [0.15, 0.2) is 0 Å². The van der Waals surface area contributed by atoms with Crippen molar-refractivity contribution < 1.29 is 4.80 Å². The highest BCUT2D eigenvalue weighted by molar-refractivity contribution is 6.83. The number of rotatable bonds is 3. The van der Waals surface area contributed by atoms with Crippen molar-refractivity contribution in [2.75, 3.05) is 0 Å². The summed E-state index contributed by atoms with van der Waals surface area (Å²) < 4.78 is 0. The molecule has 1 N–H and O–H groups in total. The molecule has 0 aliphatic rings. The van der Waals surface area contributed by atoms with Crippen molar-refractivity contribution in [2.24, 2.45) is 0 Å². The molecule has 0 fully saturated rings. The summed E-state index contributed by atoms with van der Waals surface area (Å²) in [7, 11) is -2.09. The Morgan fingerprint density at radius 2 is 2.00 bits per heavy atom. The molecule has 0 heterocycles. The van der Waals surface area contributed by atoms with E-state index in [0.29, 0.717) is 0 Å². The van der Waals surface area contributed by atoms with Gasteiger partial charge in [-0.2, -0.15) is 0 Å². The van der Waals surface area contributed by atoms with E-state index in [4.69, 9.17) is 0 Å². The van der Waals surface area contributed by atoms with Crippen LogP contribution >= 0.6 is 0 Å². The molecule has 1 aromatic rings. The lowest BCUT2D eigenvalue weighted by atomic mass is 10.1. The maximum atomic E-state index is 9.92. The van der Waals surface area contributed by atoms with Crippen LogP contribution in [-0.4, -0.2) is 13.1 Å². The van der Waals surface area contributed by atoms with Gasteiger partial charge in [-0.25, -0.2) is 0 Å². The van der Waals surface area contributed by atoms with Gasteiger partial charge in [-0.15, -0.1) is 0 Å². The number of hydrogen-bond acceptors (Lipinski definition) is 1. The average molecular weight is 194 g/mol. The van der Waals surface area contributed by atoms with Crippen molar-refractivity contribution >= 4 is 13.5 Å². The van der Waals surface area contributed by atoms with Gasteiger partial charge in [0.05, 0.1) is 0 Å². The molecule has 2 heteroatoms. The van der Waals surface area contributed by atoms with E-state index in [-0.39, 0.29) is 0 Å². The van der Waals surface area contributed by atoms with Crippen molar-refractivity contribution in [1.29, 1.82) is 0 Å². The number of aryl methyl sites for hydroxylation is 1. The van der Waals surface area contributed by atoms with Crippen LogP contribution in [0, 0.1) is 0 Å². The van der Waals surface area contributed by atoms with Crippen molar-refractivity contribution in [3.8, 4) is 0 Å². The van der Waals surface area contributed by atoms with E-state index in [2.05, 4.69) is 19.1 Å². The third kappa shape index (κ3) is 2.97. The highest BCUT2D eigenvalue weighted by atomic mass is 28.4. The molecule has 0 aromatic heterocycles. The van der Waals surface area contributed by atoms with Gasteiger partial charge in [0.1, 0.15) is 0 Å². The van der Waals surface area contributed by atoms with Crippen LogP contribution in [-0.2, 0) is 6.42 Å². The van der Waals surface area contributed by atoms with E-state index in [9.17, 15) is 4.80 Å². The second kappa shape index (κ2) is 4.07. The summed E-state index contributed by atoms with van der Waals surface area (Å²) in [5.74, 6) is 0. The van der Waals surface area contributed by atoms with E-state index >= 15 is 0 Å². The van der Waals surface area contributed by atoms with Gasteiger partial charge in [0.2, 0.25) is 8.32 Å². The minimum absolute atomic E-state index is 1.11. The highest BCUT2D eigenvalue weighted by Crippen LogP contribution is 2.04. The second-order valence-electron chi connectivity index (χ2n) is 4.01. The van der Waals surface area contributed by atoms with Gasteiger partial charge in [-0.05, 0) is 30.3 Å². The Morgan fingerprint density at radius 1 is 1.31 bits per heavy atom. The molecule has 0 radical (unpaired) electrons. The lowest BCUT2D eigenvalue weighted by Gasteiger charge is -2.15. The van der Waals surface area contributed by atoms with Gasteiger partial charge < -0.3 is 4.80 Å². The second-order valence-corrected chi connectivity index (χ2v) is 7.70. The summed E-state index contributed by atoms with van der Waals surface area (Å²) in [6.45, 7) is 6.09. The Labute approximate surface area is 81.6 Å². The Hall–Kier alpha value is -0.603. The fourth-order valence-electron chi connectivity index (χ4n) is 1.40. The molecule has 0 saturated heterocycles. The smallest absolute Gasteiger partial charge is 0.213 e. The van der Waals surface area contributed by atoms with Crippen LogP contribution in [0.3, 0.4) is 0 Å². The first-order chi connectivity index (χ1) is 6.04. The molecule has 1 rings (SSSR count). The van der Waals surface area contributed by atoms with Gasteiger partial charge in [-0.3, -0.25) is 0 Å². The first-order valence-corrected chi connectivity index (χ1v) is 7.80. The summed E-state index contributed by atoms with van der Waals surface area (Å²) in [5.41, 5.74) is 1.34. The predicted octanol–water partition coefficient (Wildman–Crippen LogP) is 2.04. The normalized spacial score (nSPS) is 11.7. The minimum Gasteiger partial charge on any atom is -0.428 e. The molecular weight excluding hydrogens is 176 g/mol. The molecule has 0 amide bonds. The monoisotopic (exact) mass is 194 g/mol. The zero-order valence-corrected chi connectivity index (χ0v) is 9.67. The van der Waals surface area contributed by atoms with E-state index in [1.54, 1.807) is 0 Å². The topological polar surface area (TPSA) is 20.2 Å². The van der Waals surface area contributed by atoms with Crippen molar-refractivity contribution in [3.63, 3.8) is 0 Å². The average Bonchev–Trinajstić information content (AvgIpc) is 2.04. The molecule has 13 heavy (non-hydrogen) atoms. The summed E-state index contributed by atoms with van der Waals surface area (Å²) in [5, 5.41) is 1.14. The van der Waals surface area contributed by atoms with Crippen LogP contribution in [0.15, 0.2) is 24.3 Å². The molecule has 0 aliphatic carbocycles. The van der Waals surface area contributed by atoms with E-state index < -0.39 is 8.32 Å². The van der Waals surface area contributed by atoms with Crippen LogP contribution < -0.4 is 5.19 Å². The SMILES string of the molecule is CCCc1cccc([Si](C)(C)O)c1. The summed E-state index contributed by atoms with van der Waals surface area (Å²) in [6, 6.07) is 8.36. The minimum atomic E-state index is -2.09. The third-order valence-corrected chi connectivity index (χ3v) is 3.90. The largest absolute Gasteiger partial charge is 0.428 e. The summed E-state index contributed by atoms with van der Waals surface area (Å²) in [4.78, 5) is 9.92. The van der Waals surface area contributed by atoms with Crippen LogP contribution in [0.4, 0.5) is 0 Å². The Morgan fingerprint density at radius 3 is 2.54 bits per heavy atom. The fraction of sp³-hybridized carbons (Fsp3) is 0.455. The van der Waals surface area contributed by atoms with Crippen LogP contribution in [0.25, 0.3) is 0 Å². The lowest BCUT2D eigenvalue weighted by Crippen LogP contribution is -2.41. The standard InChI is InChI=1S/C11H18OSi/c1-4-6-10-7-5-8-11(9-10)13(2,3)12/h5,7-9,12H,4,6H2,1-3H3. The van der Waals surface area contributed by atoms with Gasteiger partial charge in [0.25, 0.3) is 0 Å². The molecule has 72 valence electrons. The van der Waals surface area contributed by atoms with Crippen molar-refractivity contribution in [1.82, 2.24) is 0 Å². The maximum absolute atomic E-state index is 9.92. The number of benzene rings is 1. The van der Waals surface area contributed by atoms with E-state index in [0.717, 1.165) is 18.0 Å². The Balaban J connectivity index is 2.92. The molecule has 1 aromatic carbocycles. The lowest BCUT2D eigenvalue weighted by molar-refractivity contribution is 0.568. The first kappa shape index (κ1) is 10.5. The van der Waals surface area contributed by atoms with Crippen molar-refractivity contribution in [2.45, 2.75) is 32.9 Å². The zero-order chi connectivity index (χ0) is 9.90. The number of hydrogen-bond donors (Lipinski definition) is 1. The van der Waals surface area contributed by atoms with Crippen molar-refractivity contribution in [3.05, 3.63) is 29.8 Å². The Kier molecular flexibility index (Phi) is 3.28. The molecular formula is C11H18OSi. The van der Waals surface area contributed by atoms with Crippen LogP contribution in [0.2, 0.25) is 13.1 Å². The molecule has 1 nitrogen and oxygen atoms in total. The van der Waals surface area contributed by atoms with E-state index in [1.165, 1.54) is 5.56 Å². The third-order valence-electron chi connectivity index (χ3n) is 2.17. The summed E-state index contributed by atoms with van der Waals surface area (Å²) in [6.07, 6.45) is 2.27. The van der Waals surface area contributed by atoms with Gasteiger partial charge in [0, 0.05) is 0 Å². The van der Waals surface area contributed by atoms with Gasteiger partial charge in [-0.1, -0.05) is 37.6 Å². The van der Waals surface area contributed by atoms with Crippen LogP contribution in [0.5, 0.6) is 0 Å². The van der Waals surface area contributed by atoms with E-state index in [1.807, 2.05) is 25.2 Å². The molecule has 0 saturated carbocycles. The zero-order valence-electron chi connectivity index (χ0n) is 8.67. The maximum Gasteiger partial charge on any atom is 0.213 e. The molecule has 0 spiro atoms. The molecule has 0 atom stereocenters. The Bertz CT molecular complexity index is 276.